The van der Waals surface area contributed by atoms with Crippen LogP contribution in [0.4, 0.5) is 11.5 Å². The van der Waals surface area contributed by atoms with Crippen LogP contribution in [0.25, 0.3) is 5.69 Å². The predicted octanol–water partition coefficient (Wildman–Crippen LogP) is 2.36. The first-order chi connectivity index (χ1) is 11.1. The van der Waals surface area contributed by atoms with Crippen LogP contribution in [0.1, 0.15) is 31.0 Å². The van der Waals surface area contributed by atoms with Gasteiger partial charge in [0.2, 0.25) is 5.28 Å². The van der Waals surface area contributed by atoms with E-state index in [1.54, 1.807) is 17.1 Å². The molecule has 4 heterocycles. The highest BCUT2D eigenvalue weighted by Gasteiger charge is 2.36. The van der Waals surface area contributed by atoms with Crippen LogP contribution in [-0.2, 0) is 7.05 Å². The lowest BCUT2D eigenvalue weighted by Crippen LogP contribution is -2.32. The second kappa shape index (κ2) is 5.02. The molecule has 8 nitrogen and oxygen atoms in total. The Kier molecular flexibility index (Phi) is 3.08. The van der Waals surface area contributed by atoms with Crippen LogP contribution >= 0.6 is 11.6 Å². The smallest absolute Gasteiger partial charge is 0.224 e. The lowest BCUT2D eigenvalue weighted by atomic mass is 10.1. The van der Waals surface area contributed by atoms with Crippen molar-refractivity contribution in [3.05, 3.63) is 35.5 Å². The molecule has 0 aliphatic carbocycles. The van der Waals surface area contributed by atoms with Crippen molar-refractivity contribution in [1.82, 2.24) is 34.5 Å². The first-order valence-electron chi connectivity index (χ1n) is 7.33. The van der Waals surface area contributed by atoms with E-state index in [2.05, 4.69) is 37.1 Å². The van der Waals surface area contributed by atoms with Crippen molar-refractivity contribution in [2.24, 2.45) is 7.05 Å². The van der Waals surface area contributed by atoms with Gasteiger partial charge in [-0.05, 0) is 24.9 Å². The van der Waals surface area contributed by atoms with Gasteiger partial charge in [-0.3, -0.25) is 9.25 Å². The van der Waals surface area contributed by atoms with E-state index in [1.807, 2.05) is 24.7 Å². The lowest BCUT2D eigenvalue weighted by Gasteiger charge is -2.36. The maximum atomic E-state index is 6.06. The van der Waals surface area contributed by atoms with Crippen LogP contribution in [0.2, 0.25) is 5.28 Å². The van der Waals surface area contributed by atoms with Gasteiger partial charge in [0.25, 0.3) is 0 Å². The molecule has 9 heteroatoms. The fourth-order valence-electron chi connectivity index (χ4n) is 3.04. The van der Waals surface area contributed by atoms with Crippen LogP contribution in [0.3, 0.4) is 0 Å². The minimum atomic E-state index is -0.00105. The van der Waals surface area contributed by atoms with Gasteiger partial charge >= 0.3 is 0 Å². The Morgan fingerprint density at radius 3 is 2.78 bits per heavy atom. The van der Waals surface area contributed by atoms with Crippen molar-refractivity contribution in [1.29, 1.82) is 0 Å². The van der Waals surface area contributed by atoms with Crippen molar-refractivity contribution < 1.29 is 0 Å². The number of anilines is 2. The quantitative estimate of drug-likeness (QED) is 0.671. The minimum Gasteiger partial charge on any atom is -0.311 e. The summed E-state index contributed by atoms with van der Waals surface area (Å²) in [6.45, 7) is 4.03. The van der Waals surface area contributed by atoms with Gasteiger partial charge in [-0.15, -0.1) is 10.2 Å². The van der Waals surface area contributed by atoms with Crippen molar-refractivity contribution in [2.45, 2.75) is 26.3 Å². The SMILES string of the molecule is CC[C@@H]1c2nnc(C)n2-c2cnc(Cl)nc2N1c1cnn(C)c1. The first-order valence-corrected chi connectivity index (χ1v) is 7.70. The van der Waals surface area contributed by atoms with Crippen LogP contribution in [0, 0.1) is 6.92 Å². The van der Waals surface area contributed by atoms with Crippen LogP contribution in [0.15, 0.2) is 18.6 Å². The van der Waals surface area contributed by atoms with Crippen molar-refractivity contribution in [2.75, 3.05) is 4.90 Å². The summed E-state index contributed by atoms with van der Waals surface area (Å²) in [7, 11) is 1.88. The zero-order valence-corrected chi connectivity index (χ0v) is 13.7. The molecule has 0 spiro atoms. The molecule has 0 amide bonds. The Bertz CT molecular complexity index is 883. The van der Waals surface area contributed by atoms with Crippen molar-refractivity contribution >= 4 is 23.1 Å². The van der Waals surface area contributed by atoms with Gasteiger partial charge in [0.05, 0.1) is 24.1 Å². The molecule has 0 saturated carbocycles. The zero-order valence-electron chi connectivity index (χ0n) is 13.0. The van der Waals surface area contributed by atoms with Gasteiger partial charge in [-0.25, -0.2) is 4.98 Å². The molecule has 1 aliphatic rings. The molecule has 0 bridgehead atoms. The lowest BCUT2D eigenvalue weighted by molar-refractivity contribution is 0.587. The maximum Gasteiger partial charge on any atom is 0.224 e. The van der Waals surface area contributed by atoms with Gasteiger partial charge in [0.1, 0.15) is 11.5 Å². The monoisotopic (exact) mass is 330 g/mol. The Labute approximate surface area is 137 Å². The summed E-state index contributed by atoms with van der Waals surface area (Å²) >= 11 is 6.06. The van der Waals surface area contributed by atoms with Gasteiger partial charge < -0.3 is 4.90 Å². The Morgan fingerprint density at radius 2 is 2.09 bits per heavy atom. The van der Waals surface area contributed by atoms with E-state index in [0.29, 0.717) is 0 Å². The Morgan fingerprint density at radius 1 is 1.26 bits per heavy atom. The fourth-order valence-corrected chi connectivity index (χ4v) is 3.16. The molecular formula is C14H15ClN8. The normalized spacial score (nSPS) is 16.3. The van der Waals surface area contributed by atoms with E-state index in [9.17, 15) is 0 Å². The molecule has 0 unspecified atom stereocenters. The zero-order chi connectivity index (χ0) is 16.1. The molecule has 3 aromatic heterocycles. The average Bonchev–Trinajstić information content (AvgIpc) is 3.12. The molecule has 0 N–H and O–H groups in total. The third-order valence-corrected chi connectivity index (χ3v) is 4.19. The average molecular weight is 331 g/mol. The highest BCUT2D eigenvalue weighted by molar-refractivity contribution is 6.28. The van der Waals surface area contributed by atoms with Gasteiger partial charge in [-0.2, -0.15) is 10.1 Å². The number of aryl methyl sites for hydroxylation is 2. The molecule has 118 valence electrons. The first kappa shape index (κ1) is 14.1. The molecular weight excluding hydrogens is 316 g/mol. The predicted molar refractivity (Wildman–Crippen MR) is 85.1 cm³/mol. The summed E-state index contributed by atoms with van der Waals surface area (Å²) in [6, 6.07) is -0.00105. The Balaban J connectivity index is 2.01. The second-order valence-electron chi connectivity index (χ2n) is 5.45. The van der Waals surface area contributed by atoms with Crippen molar-refractivity contribution in [3.8, 4) is 5.69 Å². The third-order valence-electron chi connectivity index (χ3n) is 4.01. The molecule has 0 radical (unpaired) electrons. The molecule has 0 fully saturated rings. The largest absolute Gasteiger partial charge is 0.311 e. The second-order valence-corrected chi connectivity index (χ2v) is 5.79. The molecule has 1 atom stereocenters. The summed E-state index contributed by atoms with van der Waals surface area (Å²) < 4.78 is 3.75. The van der Waals surface area contributed by atoms with Gasteiger partial charge in [0.15, 0.2) is 11.6 Å². The number of hydrogen-bond acceptors (Lipinski definition) is 6. The summed E-state index contributed by atoms with van der Waals surface area (Å²) in [5.41, 5.74) is 1.75. The van der Waals surface area contributed by atoms with Crippen LogP contribution < -0.4 is 4.90 Å². The van der Waals surface area contributed by atoms with Crippen LogP contribution in [-0.4, -0.2) is 34.5 Å². The molecule has 0 aromatic carbocycles. The van der Waals surface area contributed by atoms with E-state index < -0.39 is 0 Å². The summed E-state index contributed by atoms with van der Waals surface area (Å²) in [5.74, 6) is 2.41. The van der Waals surface area contributed by atoms with E-state index in [-0.39, 0.29) is 11.3 Å². The highest BCUT2D eigenvalue weighted by Crippen LogP contribution is 2.43. The molecule has 0 saturated heterocycles. The standard InChI is InChI=1S/C14H15ClN8/c1-4-10-13-20-19-8(2)22(13)11-6-16-14(15)18-12(11)23(10)9-5-17-21(3)7-9/h5-7,10H,4H2,1-3H3/t10-/m1/s1. The number of hydrogen-bond donors (Lipinski definition) is 0. The van der Waals surface area contributed by atoms with Gasteiger partial charge in [-0.1, -0.05) is 6.92 Å². The van der Waals surface area contributed by atoms with Crippen molar-refractivity contribution in [3.63, 3.8) is 0 Å². The van der Waals surface area contributed by atoms with E-state index in [0.717, 1.165) is 35.3 Å². The highest BCUT2D eigenvalue weighted by atomic mass is 35.5. The number of halogens is 1. The summed E-state index contributed by atoms with van der Waals surface area (Å²) in [5, 5.41) is 13.1. The van der Waals surface area contributed by atoms with E-state index in [4.69, 9.17) is 11.6 Å². The van der Waals surface area contributed by atoms with E-state index >= 15 is 0 Å². The minimum absolute atomic E-state index is 0.00105. The van der Waals surface area contributed by atoms with Crippen LogP contribution in [0.5, 0.6) is 0 Å². The van der Waals surface area contributed by atoms with Gasteiger partial charge in [0, 0.05) is 13.2 Å². The number of nitrogens with zero attached hydrogens (tertiary/aromatic N) is 8. The number of aromatic nitrogens is 7. The van der Waals surface area contributed by atoms with E-state index in [1.165, 1.54) is 0 Å². The number of fused-ring (bicyclic) bond motifs is 3. The molecule has 4 rings (SSSR count). The maximum absolute atomic E-state index is 6.06. The molecule has 23 heavy (non-hydrogen) atoms. The fraction of sp³-hybridized carbons (Fsp3) is 0.357. The summed E-state index contributed by atoms with van der Waals surface area (Å²) in [4.78, 5) is 10.7. The topological polar surface area (TPSA) is 77.6 Å². The molecule has 3 aromatic rings. The summed E-state index contributed by atoms with van der Waals surface area (Å²) in [6.07, 6.45) is 6.30. The number of rotatable bonds is 2. The Hall–Kier alpha value is -2.48. The third kappa shape index (κ3) is 2.02. The molecule has 1 aliphatic heterocycles.